The van der Waals surface area contributed by atoms with Crippen molar-refractivity contribution >= 4 is 29.0 Å². The van der Waals surface area contributed by atoms with Crippen LogP contribution in [0.5, 0.6) is 0 Å². The first-order valence-electron chi connectivity index (χ1n) is 15.2. The molecule has 4 aromatic carbocycles. The summed E-state index contributed by atoms with van der Waals surface area (Å²) >= 11 is 0. The van der Waals surface area contributed by atoms with Crippen molar-refractivity contribution in [3.63, 3.8) is 0 Å². The molecule has 2 spiro atoms. The average Bonchev–Trinajstić information content (AvgIpc) is 3.73. The molecular formula is C37H33N3O3. The Labute approximate surface area is 251 Å². The van der Waals surface area contributed by atoms with Crippen molar-refractivity contribution in [2.45, 2.75) is 49.9 Å². The van der Waals surface area contributed by atoms with Crippen LogP contribution in [-0.2, 0) is 38.4 Å². The number of para-hydroxylation sites is 2. The van der Waals surface area contributed by atoms with Gasteiger partial charge in [0.05, 0.1) is 19.0 Å². The predicted octanol–water partition coefficient (Wildman–Crippen LogP) is 5.60. The van der Waals surface area contributed by atoms with E-state index in [0.29, 0.717) is 19.6 Å². The van der Waals surface area contributed by atoms with Crippen LogP contribution in [0.15, 0.2) is 109 Å². The smallest absolute Gasteiger partial charge is 0.254 e. The molecule has 6 nitrogen and oxygen atoms in total. The Morgan fingerprint density at radius 2 is 1.21 bits per heavy atom. The highest BCUT2D eigenvalue weighted by molar-refractivity contribution is 6.21. The van der Waals surface area contributed by atoms with E-state index in [0.717, 1.165) is 46.5 Å². The molecule has 214 valence electrons. The average molecular weight is 568 g/mol. The van der Waals surface area contributed by atoms with Crippen molar-refractivity contribution in [3.8, 4) is 0 Å². The number of fused-ring (bicyclic) bond motifs is 7. The fourth-order valence-electron chi connectivity index (χ4n) is 8.94. The van der Waals surface area contributed by atoms with Crippen LogP contribution in [0.4, 0.5) is 11.4 Å². The summed E-state index contributed by atoms with van der Waals surface area (Å²) in [5.74, 6) is -0.960. The summed E-state index contributed by atoms with van der Waals surface area (Å²) in [6.07, 6.45) is 1.65. The molecule has 0 aliphatic carbocycles. The van der Waals surface area contributed by atoms with Gasteiger partial charge in [0, 0.05) is 23.0 Å². The van der Waals surface area contributed by atoms with E-state index in [1.807, 2.05) is 119 Å². The van der Waals surface area contributed by atoms with Gasteiger partial charge >= 0.3 is 0 Å². The largest absolute Gasteiger partial charge is 0.307 e. The van der Waals surface area contributed by atoms with Gasteiger partial charge in [-0.2, -0.15) is 0 Å². The quantitative estimate of drug-likeness (QED) is 0.315. The number of carbonyl (C=O) groups excluding carboxylic acids is 3. The standard InChI is InChI=1S/C37H33N3O3/c1-25(41)33-32-21-12-22-40(32)37(29-18-9-11-20-31(29)39(35(37)43)24-27-15-6-3-7-16-27)36(33)28-17-8-10-19-30(28)38(34(36)42)23-26-13-4-2-5-14-26/h2-11,13-20,32-33H,12,21-24H2,1H3/t32-,33+,36-,37-/m0/s1. The van der Waals surface area contributed by atoms with Crippen molar-refractivity contribution in [1.82, 2.24) is 4.90 Å². The summed E-state index contributed by atoms with van der Waals surface area (Å²) in [6, 6.07) is 35.5. The molecule has 4 heterocycles. The number of nitrogens with zero attached hydrogens (tertiary/aromatic N) is 3. The molecule has 8 rings (SSSR count). The number of benzene rings is 4. The lowest BCUT2D eigenvalue weighted by Gasteiger charge is -2.44. The van der Waals surface area contributed by atoms with Gasteiger partial charge in [0.1, 0.15) is 16.7 Å². The SMILES string of the molecule is CC(=O)[C@@H]1[C@@H]2CCCN2[C@@]2(C(=O)N(Cc3ccccc3)c3ccccc32)[C@]12C(=O)N(Cc1ccccc1)c1ccccc12. The maximum atomic E-state index is 15.5. The van der Waals surface area contributed by atoms with Crippen molar-refractivity contribution in [2.24, 2.45) is 5.92 Å². The zero-order chi connectivity index (χ0) is 29.3. The van der Waals surface area contributed by atoms with E-state index in [1.165, 1.54) is 0 Å². The summed E-state index contributed by atoms with van der Waals surface area (Å²) in [4.78, 5) is 50.9. The zero-order valence-electron chi connectivity index (χ0n) is 24.1. The molecule has 0 aromatic heterocycles. The fraction of sp³-hybridized carbons (Fsp3) is 0.270. The Morgan fingerprint density at radius 1 is 0.698 bits per heavy atom. The number of Topliss-reactive ketones (excluding diaryl/α,β-unsaturated/α-hetero) is 1. The van der Waals surface area contributed by atoms with Gasteiger partial charge in [0.15, 0.2) is 0 Å². The zero-order valence-corrected chi connectivity index (χ0v) is 24.1. The van der Waals surface area contributed by atoms with Crippen LogP contribution in [-0.4, -0.2) is 35.1 Å². The number of hydrogen-bond acceptors (Lipinski definition) is 4. The first-order chi connectivity index (χ1) is 21.0. The molecule has 2 amide bonds. The lowest BCUT2D eigenvalue weighted by atomic mass is 9.57. The summed E-state index contributed by atoms with van der Waals surface area (Å²) < 4.78 is 0. The van der Waals surface area contributed by atoms with E-state index in [9.17, 15) is 4.79 Å². The van der Waals surface area contributed by atoms with E-state index >= 15 is 9.59 Å². The molecule has 0 N–H and O–H groups in total. The lowest BCUT2D eigenvalue weighted by molar-refractivity contribution is -0.142. The van der Waals surface area contributed by atoms with E-state index in [2.05, 4.69) is 4.90 Å². The minimum atomic E-state index is -1.39. The molecule has 0 unspecified atom stereocenters. The van der Waals surface area contributed by atoms with E-state index < -0.39 is 16.9 Å². The van der Waals surface area contributed by atoms with Gasteiger partial charge in [0.2, 0.25) is 5.91 Å². The van der Waals surface area contributed by atoms with Gasteiger partial charge < -0.3 is 9.80 Å². The normalized spacial score (nSPS) is 27.3. The highest BCUT2D eigenvalue weighted by Crippen LogP contribution is 2.69. The van der Waals surface area contributed by atoms with Gasteiger partial charge in [-0.25, -0.2) is 0 Å². The number of hydrogen-bond donors (Lipinski definition) is 0. The van der Waals surface area contributed by atoms with Crippen LogP contribution in [0.1, 0.15) is 42.0 Å². The molecule has 4 aliphatic rings. The van der Waals surface area contributed by atoms with Gasteiger partial charge in [0.25, 0.3) is 5.91 Å². The molecule has 2 fully saturated rings. The Balaban J connectivity index is 1.42. The maximum Gasteiger partial charge on any atom is 0.254 e. The third kappa shape index (κ3) is 3.24. The van der Waals surface area contributed by atoms with Crippen LogP contribution < -0.4 is 9.80 Å². The Kier molecular flexibility index (Phi) is 5.75. The van der Waals surface area contributed by atoms with E-state index in [1.54, 1.807) is 6.92 Å². The molecule has 43 heavy (non-hydrogen) atoms. The fourth-order valence-corrected chi connectivity index (χ4v) is 8.94. The maximum absolute atomic E-state index is 15.5. The van der Waals surface area contributed by atoms with Gasteiger partial charge in [-0.05, 0) is 55.1 Å². The number of amides is 2. The van der Waals surface area contributed by atoms with Crippen LogP contribution in [0.3, 0.4) is 0 Å². The van der Waals surface area contributed by atoms with Gasteiger partial charge in [-0.3, -0.25) is 19.3 Å². The second-order valence-corrected chi connectivity index (χ2v) is 12.3. The van der Waals surface area contributed by atoms with Gasteiger partial charge in [-0.15, -0.1) is 0 Å². The molecule has 0 saturated carbocycles. The number of carbonyl (C=O) groups is 3. The monoisotopic (exact) mass is 567 g/mol. The first kappa shape index (κ1) is 26.1. The molecule has 0 bridgehead atoms. The molecule has 6 heteroatoms. The lowest BCUT2D eigenvalue weighted by Crippen LogP contribution is -2.64. The Hall–Kier alpha value is -4.55. The minimum absolute atomic E-state index is 0.0368. The minimum Gasteiger partial charge on any atom is -0.307 e. The van der Waals surface area contributed by atoms with Crippen LogP contribution in [0.25, 0.3) is 0 Å². The van der Waals surface area contributed by atoms with Crippen molar-refractivity contribution in [1.29, 1.82) is 0 Å². The number of anilines is 2. The number of ketones is 1. The first-order valence-corrected chi connectivity index (χ1v) is 15.2. The molecule has 2 saturated heterocycles. The molecular weight excluding hydrogens is 534 g/mol. The molecule has 0 radical (unpaired) electrons. The predicted molar refractivity (Wildman–Crippen MR) is 165 cm³/mol. The summed E-state index contributed by atoms with van der Waals surface area (Å²) in [5, 5.41) is 0. The van der Waals surface area contributed by atoms with Crippen molar-refractivity contribution < 1.29 is 14.4 Å². The van der Waals surface area contributed by atoms with E-state index in [4.69, 9.17) is 0 Å². The summed E-state index contributed by atoms with van der Waals surface area (Å²) in [7, 11) is 0. The third-order valence-electron chi connectivity index (χ3n) is 10.3. The third-order valence-corrected chi connectivity index (χ3v) is 10.3. The number of rotatable bonds is 5. The highest BCUT2D eigenvalue weighted by Gasteiger charge is 2.82. The van der Waals surface area contributed by atoms with Crippen LogP contribution in [0.2, 0.25) is 0 Å². The van der Waals surface area contributed by atoms with Crippen LogP contribution in [0, 0.1) is 5.92 Å². The highest BCUT2D eigenvalue weighted by atomic mass is 16.2. The second-order valence-electron chi connectivity index (χ2n) is 12.3. The second kappa shape index (κ2) is 9.48. The molecule has 4 atom stereocenters. The Morgan fingerprint density at radius 3 is 1.81 bits per heavy atom. The Bertz CT molecular complexity index is 1770. The van der Waals surface area contributed by atoms with Crippen LogP contribution >= 0.6 is 0 Å². The molecule has 4 aliphatic heterocycles. The van der Waals surface area contributed by atoms with E-state index in [-0.39, 0.29) is 23.6 Å². The van der Waals surface area contributed by atoms with Gasteiger partial charge in [-0.1, -0.05) is 97.1 Å². The van der Waals surface area contributed by atoms with Crippen molar-refractivity contribution in [3.05, 3.63) is 131 Å². The molecule has 4 aromatic rings. The summed E-state index contributed by atoms with van der Waals surface area (Å²) in [6.45, 7) is 3.03. The van der Waals surface area contributed by atoms with Crippen molar-refractivity contribution in [2.75, 3.05) is 16.3 Å². The topological polar surface area (TPSA) is 60.9 Å². The summed E-state index contributed by atoms with van der Waals surface area (Å²) in [5.41, 5.74) is 2.50.